The topological polar surface area (TPSA) is 34.0 Å². The molecule has 0 aromatic carbocycles. The first kappa shape index (κ1) is 18.0. The highest BCUT2D eigenvalue weighted by atomic mass is 35.5. The van der Waals surface area contributed by atoms with Gasteiger partial charge in [-0.2, -0.15) is 0 Å². The number of likely N-dealkylation sites (N-methyl/N-ethyl adjacent to an activating group) is 1. The summed E-state index contributed by atoms with van der Waals surface area (Å²) in [6, 6.07) is 0. The summed E-state index contributed by atoms with van der Waals surface area (Å²) in [6.07, 6.45) is 12.4. The Hall–Kier alpha value is -1.10. The zero-order chi connectivity index (χ0) is 14.2. The molecule has 0 spiro atoms. The smallest absolute Gasteiger partial charge is 0.306 e. The second kappa shape index (κ2) is 9.77. The first-order valence-electron chi connectivity index (χ1n) is 7.45. The number of nitrogens with one attached hydrogen (secondary N) is 1. The number of nitrogens with zero attached hydrogens (tertiary/aromatic N) is 1. The number of halogens is 1. The highest BCUT2D eigenvalue weighted by Crippen LogP contribution is 2.11. The second-order valence-corrected chi connectivity index (χ2v) is 5.54. The number of hydrogen-bond donors (Lipinski definition) is 1. The van der Waals surface area contributed by atoms with Crippen LogP contribution in [0, 0.1) is 5.92 Å². The number of rotatable bonds is 5. The fourth-order valence-electron chi connectivity index (χ4n) is 2.44. The third-order valence-electron chi connectivity index (χ3n) is 3.83. The molecule has 2 aliphatic rings. The van der Waals surface area contributed by atoms with Gasteiger partial charge in [0.2, 0.25) is 0 Å². The molecule has 0 aromatic heterocycles. The molecule has 2 rings (SSSR count). The van der Waals surface area contributed by atoms with Gasteiger partial charge in [0.15, 0.2) is 0 Å². The predicted octanol–water partition coefficient (Wildman–Crippen LogP) is -2.95. The third kappa shape index (κ3) is 6.93. The lowest BCUT2D eigenvalue weighted by atomic mass is 10.1. The lowest BCUT2D eigenvalue weighted by Gasteiger charge is -2.29. The molecule has 1 fully saturated rings. The summed E-state index contributed by atoms with van der Waals surface area (Å²) in [4.78, 5) is 15.7. The van der Waals surface area contributed by atoms with E-state index >= 15 is 0 Å². The van der Waals surface area contributed by atoms with Crippen molar-refractivity contribution < 1.29 is 26.8 Å². The molecule has 21 heavy (non-hydrogen) atoms. The van der Waals surface area contributed by atoms with Crippen molar-refractivity contribution in [3.63, 3.8) is 0 Å². The van der Waals surface area contributed by atoms with Gasteiger partial charge in [-0.25, -0.2) is 0 Å². The monoisotopic (exact) mass is 312 g/mol. The Bertz CT molecular complexity index is 383. The van der Waals surface area contributed by atoms with E-state index in [0.717, 1.165) is 19.6 Å². The maximum absolute atomic E-state index is 11.8. The molecule has 0 radical (unpaired) electrons. The van der Waals surface area contributed by atoms with Crippen molar-refractivity contribution in [3.05, 3.63) is 36.5 Å². The van der Waals surface area contributed by atoms with Gasteiger partial charge in [0, 0.05) is 25.6 Å². The van der Waals surface area contributed by atoms with Gasteiger partial charge < -0.3 is 22.0 Å². The van der Waals surface area contributed by atoms with E-state index in [9.17, 15) is 4.79 Å². The molecule has 1 aliphatic heterocycles. The van der Waals surface area contributed by atoms with E-state index in [0.29, 0.717) is 13.0 Å². The van der Waals surface area contributed by atoms with E-state index in [1.54, 1.807) is 4.90 Å². The average Bonchev–Trinajstić information content (AvgIpc) is 2.70. The molecule has 0 unspecified atom stereocenters. The molecule has 118 valence electrons. The van der Waals surface area contributed by atoms with Crippen molar-refractivity contribution in [1.82, 2.24) is 4.90 Å². The van der Waals surface area contributed by atoms with Gasteiger partial charge in [-0.05, 0) is 0 Å². The maximum Gasteiger partial charge on any atom is 0.306 e. The Morgan fingerprint density at radius 3 is 2.43 bits per heavy atom. The summed E-state index contributed by atoms with van der Waals surface area (Å²) >= 11 is 0. The fraction of sp³-hybridized carbons (Fsp3) is 0.562. The molecule has 1 aliphatic carbocycles. The van der Waals surface area contributed by atoms with Crippen molar-refractivity contribution in [3.8, 4) is 0 Å². The van der Waals surface area contributed by atoms with Gasteiger partial charge >= 0.3 is 5.97 Å². The normalized spacial score (nSPS) is 20.0. The van der Waals surface area contributed by atoms with Crippen LogP contribution in [0.15, 0.2) is 36.5 Å². The molecule has 0 bridgehead atoms. The molecule has 1 N–H and O–H groups in total. The molecule has 0 atom stereocenters. The first-order valence-corrected chi connectivity index (χ1v) is 7.45. The highest BCUT2D eigenvalue weighted by Gasteiger charge is 2.17. The third-order valence-corrected chi connectivity index (χ3v) is 3.83. The summed E-state index contributed by atoms with van der Waals surface area (Å²) < 4.78 is 5.34. The lowest BCUT2D eigenvalue weighted by Crippen LogP contribution is -3.12. The predicted molar refractivity (Wildman–Crippen MR) is 79.5 cm³/mol. The van der Waals surface area contributed by atoms with Crippen LogP contribution in [-0.2, 0) is 9.53 Å². The number of esters is 1. The number of carbonyl (C=O) groups excluding carboxylic acids is 1. The summed E-state index contributed by atoms with van der Waals surface area (Å²) in [5, 5.41) is 0. The number of carbonyl (C=O) groups is 1. The van der Waals surface area contributed by atoms with Crippen LogP contribution in [0.25, 0.3) is 0 Å². The van der Waals surface area contributed by atoms with Gasteiger partial charge in [0.1, 0.15) is 6.61 Å². The van der Waals surface area contributed by atoms with Gasteiger partial charge in [0.25, 0.3) is 0 Å². The largest absolute Gasteiger partial charge is 1.00 e. The molecule has 0 saturated carbocycles. The van der Waals surface area contributed by atoms with Crippen molar-refractivity contribution in [2.24, 2.45) is 5.92 Å². The number of quaternary nitrogens is 1. The summed E-state index contributed by atoms with van der Waals surface area (Å²) in [6.45, 7) is 5.93. The Labute approximate surface area is 133 Å². The van der Waals surface area contributed by atoms with E-state index in [1.165, 1.54) is 13.1 Å². The molecule has 0 aromatic rings. The van der Waals surface area contributed by atoms with E-state index in [4.69, 9.17) is 4.74 Å². The van der Waals surface area contributed by atoms with E-state index in [2.05, 4.69) is 11.9 Å². The Morgan fingerprint density at radius 1 is 1.19 bits per heavy atom. The van der Waals surface area contributed by atoms with Gasteiger partial charge in [0.05, 0.1) is 26.6 Å². The van der Waals surface area contributed by atoms with Crippen molar-refractivity contribution in [2.45, 2.75) is 6.42 Å². The van der Waals surface area contributed by atoms with Crippen LogP contribution in [0.5, 0.6) is 0 Å². The van der Waals surface area contributed by atoms with Gasteiger partial charge in [-0.3, -0.25) is 9.69 Å². The van der Waals surface area contributed by atoms with Crippen molar-refractivity contribution in [2.75, 3.05) is 46.4 Å². The van der Waals surface area contributed by atoms with Crippen LogP contribution in [-0.4, -0.2) is 57.2 Å². The van der Waals surface area contributed by atoms with E-state index in [-0.39, 0.29) is 24.3 Å². The van der Waals surface area contributed by atoms with Crippen molar-refractivity contribution >= 4 is 5.97 Å². The molecule has 0 amide bonds. The van der Waals surface area contributed by atoms with Crippen LogP contribution in [0.1, 0.15) is 6.42 Å². The number of hydrogen-bond acceptors (Lipinski definition) is 3. The van der Waals surface area contributed by atoms with E-state index < -0.39 is 0 Å². The SMILES string of the molecule is C[NH+]1CCN(CCOC(=O)CC2C=CC=CC=C2)CC1.[Cl-]. The van der Waals surface area contributed by atoms with Crippen LogP contribution in [0.4, 0.5) is 0 Å². The summed E-state index contributed by atoms with van der Waals surface area (Å²) in [7, 11) is 2.22. The van der Waals surface area contributed by atoms with Crippen LogP contribution < -0.4 is 17.3 Å². The van der Waals surface area contributed by atoms with Crippen LogP contribution in [0.3, 0.4) is 0 Å². The van der Waals surface area contributed by atoms with Gasteiger partial charge in [-0.15, -0.1) is 0 Å². The Kier molecular flexibility index (Phi) is 8.35. The molecular formula is C16H25ClN2O2. The standard InChI is InChI=1S/C16H24N2O2.ClH/c1-17-8-10-18(11-9-17)12-13-20-16(19)14-15-6-4-2-3-5-7-15;/h2-7,15H,8-14H2,1H3;1H. The molecular weight excluding hydrogens is 288 g/mol. The van der Waals surface area contributed by atoms with Gasteiger partial charge in [-0.1, -0.05) is 36.5 Å². The number of piperazine rings is 1. The zero-order valence-electron chi connectivity index (χ0n) is 12.6. The Morgan fingerprint density at radius 2 is 1.81 bits per heavy atom. The van der Waals surface area contributed by atoms with Crippen LogP contribution in [0.2, 0.25) is 0 Å². The summed E-state index contributed by atoms with van der Waals surface area (Å²) in [5.74, 6) is 0.0516. The molecule has 5 heteroatoms. The summed E-state index contributed by atoms with van der Waals surface area (Å²) in [5.41, 5.74) is 0. The minimum Gasteiger partial charge on any atom is -1.00 e. The first-order chi connectivity index (χ1) is 9.74. The van der Waals surface area contributed by atoms with E-state index in [1.807, 2.05) is 36.5 Å². The molecule has 1 heterocycles. The maximum atomic E-state index is 11.8. The average molecular weight is 313 g/mol. The molecule has 4 nitrogen and oxygen atoms in total. The number of allylic oxidation sites excluding steroid dienone is 6. The lowest BCUT2D eigenvalue weighted by molar-refractivity contribution is -0.884. The second-order valence-electron chi connectivity index (χ2n) is 5.54. The van der Waals surface area contributed by atoms with Crippen molar-refractivity contribution in [1.29, 1.82) is 0 Å². The highest BCUT2D eigenvalue weighted by molar-refractivity contribution is 5.70. The zero-order valence-corrected chi connectivity index (χ0v) is 13.4. The quantitative estimate of drug-likeness (QED) is 0.551. The Balaban J connectivity index is 0.00000220. The minimum atomic E-state index is -0.106. The number of ether oxygens (including phenoxy) is 1. The fourth-order valence-corrected chi connectivity index (χ4v) is 2.44. The molecule has 1 saturated heterocycles. The minimum absolute atomic E-state index is 0. The van der Waals surface area contributed by atoms with Crippen LogP contribution >= 0.6 is 0 Å².